The molecule has 0 aromatic heterocycles. The Balaban J connectivity index is 2.52. The SMILES string of the molecule is CCCCN1CCC(C)N(C)CC1CN. The van der Waals surface area contributed by atoms with E-state index in [1.807, 2.05) is 0 Å². The number of hydrogen-bond donors (Lipinski definition) is 1. The molecule has 0 spiro atoms. The Labute approximate surface area is 94.6 Å². The van der Waals surface area contributed by atoms with E-state index in [1.54, 1.807) is 0 Å². The van der Waals surface area contributed by atoms with Crippen LogP contribution in [0.2, 0.25) is 0 Å². The molecule has 2 atom stereocenters. The van der Waals surface area contributed by atoms with Crippen molar-refractivity contribution >= 4 is 0 Å². The maximum Gasteiger partial charge on any atom is 0.0345 e. The second-order valence-electron chi connectivity index (χ2n) is 4.86. The lowest BCUT2D eigenvalue weighted by molar-refractivity contribution is 0.185. The van der Waals surface area contributed by atoms with Crippen molar-refractivity contribution < 1.29 is 0 Å². The van der Waals surface area contributed by atoms with Crippen LogP contribution in [0.15, 0.2) is 0 Å². The number of unbranched alkanes of at least 4 members (excludes halogenated alkanes) is 1. The van der Waals surface area contributed by atoms with E-state index in [9.17, 15) is 0 Å². The van der Waals surface area contributed by atoms with Gasteiger partial charge in [-0.05, 0) is 33.4 Å². The molecule has 15 heavy (non-hydrogen) atoms. The van der Waals surface area contributed by atoms with Crippen LogP contribution in [-0.4, -0.2) is 55.1 Å². The van der Waals surface area contributed by atoms with Gasteiger partial charge in [0, 0.05) is 31.7 Å². The standard InChI is InChI=1S/C12H27N3/c1-4-5-7-15-8-6-11(2)14(3)10-12(15)9-13/h11-12H,4-10,13H2,1-3H3. The molecule has 3 nitrogen and oxygen atoms in total. The van der Waals surface area contributed by atoms with Gasteiger partial charge in [0.05, 0.1) is 0 Å². The van der Waals surface area contributed by atoms with Crippen LogP contribution < -0.4 is 5.73 Å². The smallest absolute Gasteiger partial charge is 0.0345 e. The molecule has 1 saturated heterocycles. The van der Waals surface area contributed by atoms with Crippen molar-refractivity contribution in [3.63, 3.8) is 0 Å². The van der Waals surface area contributed by atoms with E-state index in [4.69, 9.17) is 5.73 Å². The van der Waals surface area contributed by atoms with E-state index in [-0.39, 0.29) is 0 Å². The average Bonchev–Trinajstić information content (AvgIpc) is 2.37. The Morgan fingerprint density at radius 3 is 2.73 bits per heavy atom. The largest absolute Gasteiger partial charge is 0.329 e. The van der Waals surface area contributed by atoms with Crippen molar-refractivity contribution in [1.82, 2.24) is 9.80 Å². The number of hydrogen-bond acceptors (Lipinski definition) is 3. The first kappa shape index (κ1) is 12.9. The normalized spacial score (nSPS) is 30.4. The zero-order valence-corrected chi connectivity index (χ0v) is 10.6. The summed E-state index contributed by atoms with van der Waals surface area (Å²) in [7, 11) is 2.22. The summed E-state index contributed by atoms with van der Waals surface area (Å²) >= 11 is 0. The number of nitrogens with zero attached hydrogens (tertiary/aromatic N) is 2. The molecular formula is C12H27N3. The Morgan fingerprint density at radius 2 is 2.13 bits per heavy atom. The predicted molar refractivity (Wildman–Crippen MR) is 66.0 cm³/mol. The van der Waals surface area contributed by atoms with Crippen LogP contribution in [0.1, 0.15) is 33.1 Å². The fraction of sp³-hybridized carbons (Fsp3) is 1.00. The van der Waals surface area contributed by atoms with Crippen molar-refractivity contribution in [3.8, 4) is 0 Å². The minimum absolute atomic E-state index is 0.562. The van der Waals surface area contributed by atoms with Crippen molar-refractivity contribution in [2.45, 2.75) is 45.2 Å². The monoisotopic (exact) mass is 213 g/mol. The molecule has 1 aliphatic heterocycles. The third-order valence-electron chi connectivity index (χ3n) is 3.67. The summed E-state index contributed by atoms with van der Waals surface area (Å²) in [6.45, 7) is 8.93. The van der Waals surface area contributed by atoms with Gasteiger partial charge in [0.1, 0.15) is 0 Å². The Bertz CT molecular complexity index is 172. The van der Waals surface area contributed by atoms with Crippen LogP contribution in [0.3, 0.4) is 0 Å². The van der Waals surface area contributed by atoms with Gasteiger partial charge in [-0.25, -0.2) is 0 Å². The van der Waals surface area contributed by atoms with Crippen molar-refractivity contribution in [3.05, 3.63) is 0 Å². The average molecular weight is 213 g/mol. The molecular weight excluding hydrogens is 186 g/mol. The highest BCUT2D eigenvalue weighted by molar-refractivity contribution is 4.82. The summed E-state index contributed by atoms with van der Waals surface area (Å²) in [6, 6.07) is 1.26. The number of nitrogens with two attached hydrogens (primary N) is 1. The van der Waals surface area contributed by atoms with Gasteiger partial charge in [-0.3, -0.25) is 4.90 Å². The topological polar surface area (TPSA) is 32.5 Å². The molecule has 3 heteroatoms. The highest BCUT2D eigenvalue weighted by atomic mass is 15.2. The molecule has 0 aliphatic carbocycles. The first-order valence-electron chi connectivity index (χ1n) is 6.33. The maximum absolute atomic E-state index is 5.87. The van der Waals surface area contributed by atoms with Gasteiger partial charge in [0.2, 0.25) is 0 Å². The molecule has 0 amide bonds. The minimum Gasteiger partial charge on any atom is -0.329 e. The van der Waals surface area contributed by atoms with E-state index >= 15 is 0 Å². The van der Waals surface area contributed by atoms with Gasteiger partial charge in [-0.2, -0.15) is 0 Å². The van der Waals surface area contributed by atoms with Crippen molar-refractivity contribution in [2.75, 3.05) is 33.2 Å². The maximum atomic E-state index is 5.87. The van der Waals surface area contributed by atoms with Crippen LogP contribution in [-0.2, 0) is 0 Å². The summed E-state index contributed by atoms with van der Waals surface area (Å²) in [4.78, 5) is 5.03. The first-order valence-corrected chi connectivity index (χ1v) is 6.33. The van der Waals surface area contributed by atoms with Crippen molar-refractivity contribution in [2.24, 2.45) is 5.73 Å². The zero-order valence-electron chi connectivity index (χ0n) is 10.6. The summed E-state index contributed by atoms with van der Waals surface area (Å²) in [5, 5.41) is 0. The van der Waals surface area contributed by atoms with Crippen LogP contribution >= 0.6 is 0 Å². The highest BCUT2D eigenvalue weighted by Gasteiger charge is 2.24. The molecule has 0 radical (unpaired) electrons. The van der Waals surface area contributed by atoms with Gasteiger partial charge < -0.3 is 10.6 Å². The van der Waals surface area contributed by atoms with Crippen LogP contribution in [0, 0.1) is 0 Å². The quantitative estimate of drug-likeness (QED) is 0.760. The lowest BCUT2D eigenvalue weighted by atomic mass is 10.2. The molecule has 0 saturated carbocycles. The second kappa shape index (κ2) is 6.46. The van der Waals surface area contributed by atoms with E-state index < -0.39 is 0 Å². The Hall–Kier alpha value is -0.120. The first-order chi connectivity index (χ1) is 7.19. The Kier molecular flexibility index (Phi) is 5.58. The third kappa shape index (κ3) is 3.74. The molecule has 0 aromatic carbocycles. The molecule has 1 aliphatic rings. The zero-order chi connectivity index (χ0) is 11.3. The van der Waals surface area contributed by atoms with Gasteiger partial charge in [0.25, 0.3) is 0 Å². The number of rotatable bonds is 4. The van der Waals surface area contributed by atoms with Gasteiger partial charge in [-0.1, -0.05) is 13.3 Å². The molecule has 0 aromatic rings. The van der Waals surface area contributed by atoms with E-state index in [0.29, 0.717) is 12.1 Å². The molecule has 1 rings (SSSR count). The number of likely N-dealkylation sites (N-methyl/N-ethyl adjacent to an activating group) is 1. The molecule has 2 N–H and O–H groups in total. The predicted octanol–water partition coefficient (Wildman–Crippen LogP) is 1.14. The summed E-state index contributed by atoms with van der Waals surface area (Å²) in [5.74, 6) is 0. The lowest BCUT2D eigenvalue weighted by Gasteiger charge is -2.30. The van der Waals surface area contributed by atoms with Crippen LogP contribution in [0.25, 0.3) is 0 Å². The molecule has 2 unspecified atom stereocenters. The fourth-order valence-corrected chi connectivity index (χ4v) is 2.26. The van der Waals surface area contributed by atoms with Gasteiger partial charge in [-0.15, -0.1) is 0 Å². The summed E-state index contributed by atoms with van der Waals surface area (Å²) in [5.41, 5.74) is 5.87. The fourth-order valence-electron chi connectivity index (χ4n) is 2.26. The van der Waals surface area contributed by atoms with Gasteiger partial charge in [0.15, 0.2) is 0 Å². The molecule has 1 heterocycles. The minimum atomic E-state index is 0.562. The van der Waals surface area contributed by atoms with E-state index in [0.717, 1.165) is 13.1 Å². The van der Waals surface area contributed by atoms with E-state index in [1.165, 1.54) is 32.4 Å². The van der Waals surface area contributed by atoms with Crippen molar-refractivity contribution in [1.29, 1.82) is 0 Å². The summed E-state index contributed by atoms with van der Waals surface area (Å²) < 4.78 is 0. The van der Waals surface area contributed by atoms with Crippen LogP contribution in [0.5, 0.6) is 0 Å². The molecule has 90 valence electrons. The van der Waals surface area contributed by atoms with Gasteiger partial charge >= 0.3 is 0 Å². The van der Waals surface area contributed by atoms with E-state index in [2.05, 4.69) is 30.7 Å². The molecule has 1 fully saturated rings. The third-order valence-corrected chi connectivity index (χ3v) is 3.67. The summed E-state index contributed by atoms with van der Waals surface area (Å²) in [6.07, 6.45) is 3.85. The second-order valence-corrected chi connectivity index (χ2v) is 4.86. The highest BCUT2D eigenvalue weighted by Crippen LogP contribution is 2.13. The Morgan fingerprint density at radius 1 is 1.40 bits per heavy atom. The van der Waals surface area contributed by atoms with Crippen LogP contribution in [0.4, 0.5) is 0 Å². The lowest BCUT2D eigenvalue weighted by Crippen LogP contribution is -2.45. The molecule has 0 bridgehead atoms.